The molecular formula is C16H19ClO3. The largest absolute Gasteiger partial charge is 0.458 e. The number of aliphatic hydroxyl groups is 2. The van der Waals surface area contributed by atoms with Gasteiger partial charge in [-0.2, -0.15) is 0 Å². The molecule has 1 aromatic carbocycles. The van der Waals surface area contributed by atoms with Gasteiger partial charge in [-0.15, -0.1) is 0 Å². The first-order valence-electron chi connectivity index (χ1n) is 7.07. The van der Waals surface area contributed by atoms with Crippen molar-refractivity contribution in [3.63, 3.8) is 0 Å². The zero-order valence-electron chi connectivity index (χ0n) is 11.5. The highest BCUT2D eigenvalue weighted by Gasteiger charge is 2.41. The summed E-state index contributed by atoms with van der Waals surface area (Å²) in [7, 11) is 0. The molecule has 1 saturated carbocycles. The van der Waals surface area contributed by atoms with Gasteiger partial charge >= 0.3 is 0 Å². The summed E-state index contributed by atoms with van der Waals surface area (Å²) < 4.78 is 5.66. The lowest BCUT2D eigenvalue weighted by Crippen LogP contribution is -2.39. The third kappa shape index (κ3) is 2.46. The van der Waals surface area contributed by atoms with Crippen molar-refractivity contribution in [3.8, 4) is 0 Å². The molecule has 1 aliphatic carbocycles. The van der Waals surface area contributed by atoms with Crippen LogP contribution in [0.5, 0.6) is 0 Å². The van der Waals surface area contributed by atoms with Gasteiger partial charge in [0.1, 0.15) is 17.4 Å². The molecule has 1 fully saturated rings. The molecule has 0 radical (unpaired) electrons. The van der Waals surface area contributed by atoms with E-state index < -0.39 is 11.7 Å². The van der Waals surface area contributed by atoms with Crippen LogP contribution in [-0.2, 0) is 0 Å². The molecule has 2 aromatic rings. The maximum absolute atomic E-state index is 10.7. The maximum atomic E-state index is 10.7. The Balaban J connectivity index is 1.90. The van der Waals surface area contributed by atoms with E-state index in [9.17, 15) is 10.2 Å². The van der Waals surface area contributed by atoms with Crippen molar-refractivity contribution >= 4 is 22.6 Å². The Kier molecular flexibility index (Phi) is 3.53. The minimum absolute atomic E-state index is 0.416. The number of halogens is 1. The Morgan fingerprint density at radius 3 is 2.70 bits per heavy atom. The van der Waals surface area contributed by atoms with Gasteiger partial charge in [0.15, 0.2) is 0 Å². The van der Waals surface area contributed by atoms with Gasteiger partial charge in [0, 0.05) is 10.4 Å². The minimum atomic E-state index is -1.08. The van der Waals surface area contributed by atoms with Crippen LogP contribution in [0.4, 0.5) is 0 Å². The van der Waals surface area contributed by atoms with Crippen molar-refractivity contribution in [2.45, 2.75) is 44.3 Å². The number of hydrogen-bond donors (Lipinski definition) is 2. The van der Waals surface area contributed by atoms with Crippen molar-refractivity contribution in [1.29, 1.82) is 0 Å². The Labute approximate surface area is 123 Å². The molecule has 0 bridgehead atoms. The number of benzene rings is 1. The zero-order chi connectivity index (χ0) is 14.3. The predicted molar refractivity (Wildman–Crippen MR) is 78.8 cm³/mol. The first-order chi connectivity index (χ1) is 9.48. The van der Waals surface area contributed by atoms with Gasteiger partial charge in [0.25, 0.3) is 0 Å². The lowest BCUT2D eigenvalue weighted by atomic mass is 9.76. The molecular weight excluding hydrogens is 276 g/mol. The van der Waals surface area contributed by atoms with Crippen LogP contribution in [0.1, 0.15) is 44.5 Å². The second kappa shape index (κ2) is 5.06. The van der Waals surface area contributed by atoms with Crippen LogP contribution in [-0.4, -0.2) is 15.8 Å². The van der Waals surface area contributed by atoms with Crippen molar-refractivity contribution < 1.29 is 14.6 Å². The van der Waals surface area contributed by atoms with E-state index >= 15 is 0 Å². The SMILES string of the molecule is CC1CCC(O)(C(O)c2cc3cc(Cl)ccc3o2)CC1. The molecule has 3 nitrogen and oxygen atoms in total. The first-order valence-corrected chi connectivity index (χ1v) is 7.45. The average molecular weight is 295 g/mol. The van der Waals surface area contributed by atoms with Crippen molar-refractivity contribution in [2.75, 3.05) is 0 Å². The van der Waals surface area contributed by atoms with Gasteiger partial charge in [-0.25, -0.2) is 0 Å². The van der Waals surface area contributed by atoms with Crippen LogP contribution < -0.4 is 0 Å². The van der Waals surface area contributed by atoms with E-state index in [0.29, 0.717) is 35.1 Å². The van der Waals surface area contributed by atoms with Gasteiger partial charge in [0.05, 0.1) is 5.60 Å². The fourth-order valence-electron chi connectivity index (χ4n) is 2.97. The highest BCUT2D eigenvalue weighted by molar-refractivity contribution is 6.31. The zero-order valence-corrected chi connectivity index (χ0v) is 12.2. The van der Waals surface area contributed by atoms with Gasteiger partial charge in [-0.05, 0) is 55.9 Å². The second-order valence-corrected chi connectivity index (χ2v) is 6.46. The fraction of sp³-hybridized carbons (Fsp3) is 0.500. The van der Waals surface area contributed by atoms with Crippen LogP contribution in [0, 0.1) is 5.92 Å². The van der Waals surface area contributed by atoms with E-state index in [2.05, 4.69) is 6.92 Å². The van der Waals surface area contributed by atoms with Crippen LogP contribution in [0.3, 0.4) is 0 Å². The Hall–Kier alpha value is -1.03. The summed E-state index contributed by atoms with van der Waals surface area (Å²) >= 11 is 5.95. The van der Waals surface area contributed by atoms with Gasteiger partial charge < -0.3 is 14.6 Å². The first kappa shape index (κ1) is 13.9. The predicted octanol–water partition coefficient (Wildman–Crippen LogP) is 4.06. The smallest absolute Gasteiger partial charge is 0.140 e. The standard InChI is InChI=1S/C16H19ClO3/c1-10-4-6-16(19,7-5-10)15(18)14-9-11-8-12(17)2-3-13(11)20-14/h2-3,8-10,15,18-19H,4-7H2,1H3. The van der Waals surface area contributed by atoms with E-state index in [4.69, 9.17) is 16.0 Å². The van der Waals surface area contributed by atoms with E-state index in [1.807, 2.05) is 0 Å². The molecule has 20 heavy (non-hydrogen) atoms. The molecule has 0 amide bonds. The van der Waals surface area contributed by atoms with Crippen molar-refractivity contribution in [1.82, 2.24) is 0 Å². The monoisotopic (exact) mass is 294 g/mol. The Morgan fingerprint density at radius 1 is 1.30 bits per heavy atom. The van der Waals surface area contributed by atoms with Gasteiger partial charge in [0.2, 0.25) is 0 Å². The normalized spacial score (nSPS) is 28.7. The lowest BCUT2D eigenvalue weighted by molar-refractivity contribution is -0.112. The number of aliphatic hydroxyl groups excluding tert-OH is 1. The van der Waals surface area contributed by atoms with E-state index in [1.54, 1.807) is 24.3 Å². The maximum Gasteiger partial charge on any atom is 0.140 e. The summed E-state index contributed by atoms with van der Waals surface area (Å²) in [5.74, 6) is 1.02. The third-order valence-corrected chi connectivity index (χ3v) is 4.65. The molecule has 1 heterocycles. The topological polar surface area (TPSA) is 53.6 Å². The molecule has 1 atom stereocenters. The molecule has 1 aliphatic rings. The van der Waals surface area contributed by atoms with E-state index in [-0.39, 0.29) is 0 Å². The van der Waals surface area contributed by atoms with Gasteiger partial charge in [-0.1, -0.05) is 18.5 Å². The molecule has 2 N–H and O–H groups in total. The lowest BCUT2D eigenvalue weighted by Gasteiger charge is -2.37. The summed E-state index contributed by atoms with van der Waals surface area (Å²) in [5.41, 5.74) is -0.402. The molecule has 0 spiro atoms. The number of rotatable bonds is 2. The molecule has 1 unspecified atom stereocenters. The van der Waals surface area contributed by atoms with Crippen molar-refractivity contribution in [3.05, 3.63) is 35.0 Å². The highest BCUT2D eigenvalue weighted by Crippen LogP contribution is 2.41. The van der Waals surface area contributed by atoms with E-state index in [0.717, 1.165) is 18.2 Å². The Morgan fingerprint density at radius 2 is 2.00 bits per heavy atom. The summed E-state index contributed by atoms with van der Waals surface area (Å²) in [6.07, 6.45) is 2.08. The number of fused-ring (bicyclic) bond motifs is 1. The summed E-state index contributed by atoms with van der Waals surface area (Å²) in [6.45, 7) is 2.18. The Bertz CT molecular complexity index is 611. The van der Waals surface area contributed by atoms with Crippen LogP contribution in [0.2, 0.25) is 5.02 Å². The number of hydrogen-bond acceptors (Lipinski definition) is 3. The highest BCUT2D eigenvalue weighted by atomic mass is 35.5. The van der Waals surface area contributed by atoms with Crippen LogP contribution in [0.25, 0.3) is 11.0 Å². The molecule has 4 heteroatoms. The second-order valence-electron chi connectivity index (χ2n) is 6.02. The quantitative estimate of drug-likeness (QED) is 0.878. The summed E-state index contributed by atoms with van der Waals surface area (Å²) in [5, 5.41) is 22.6. The summed E-state index contributed by atoms with van der Waals surface area (Å²) in [6, 6.07) is 7.09. The fourth-order valence-corrected chi connectivity index (χ4v) is 3.15. The van der Waals surface area contributed by atoms with Crippen LogP contribution in [0.15, 0.2) is 28.7 Å². The molecule has 3 rings (SSSR count). The van der Waals surface area contributed by atoms with Gasteiger partial charge in [-0.3, -0.25) is 0 Å². The summed E-state index contributed by atoms with van der Waals surface area (Å²) in [4.78, 5) is 0. The minimum Gasteiger partial charge on any atom is -0.458 e. The third-order valence-electron chi connectivity index (χ3n) is 4.42. The number of furan rings is 1. The average Bonchev–Trinajstić information content (AvgIpc) is 2.84. The molecule has 108 valence electrons. The molecule has 1 aromatic heterocycles. The van der Waals surface area contributed by atoms with Crippen molar-refractivity contribution in [2.24, 2.45) is 5.92 Å². The van der Waals surface area contributed by atoms with Crippen LogP contribution >= 0.6 is 11.6 Å². The molecule has 0 aliphatic heterocycles. The van der Waals surface area contributed by atoms with E-state index in [1.165, 1.54) is 0 Å². The molecule has 0 saturated heterocycles.